The fourth-order valence-electron chi connectivity index (χ4n) is 2.54. The summed E-state index contributed by atoms with van der Waals surface area (Å²) in [6, 6.07) is 12.8. The van der Waals surface area contributed by atoms with Crippen LogP contribution in [0.1, 0.15) is 25.0 Å². The molecule has 158 valence electrons. The Hall–Kier alpha value is -2.39. The van der Waals surface area contributed by atoms with Gasteiger partial charge in [-0.25, -0.2) is 17.9 Å². The van der Waals surface area contributed by atoms with E-state index in [9.17, 15) is 26.4 Å². The molecule has 0 aliphatic carbocycles. The molecule has 0 saturated carbocycles. The van der Waals surface area contributed by atoms with Gasteiger partial charge in [-0.05, 0) is 37.0 Å². The topological polar surface area (TPSA) is 75.3 Å². The van der Waals surface area contributed by atoms with Crippen LogP contribution in [0.3, 0.4) is 0 Å². The number of hydrogen-bond donors (Lipinski definition) is 2. The molecule has 9 heteroatoms. The molecule has 0 radical (unpaired) electrons. The predicted octanol–water partition coefficient (Wildman–Crippen LogP) is 3.99. The van der Waals surface area contributed by atoms with Gasteiger partial charge in [0.2, 0.25) is 10.0 Å². The minimum absolute atomic E-state index is 0.180. The molecule has 0 aromatic heterocycles. The molecule has 0 heterocycles. The molecule has 5 nitrogen and oxygen atoms in total. The maximum Gasteiger partial charge on any atom is 0.397 e. The number of sulfonamides is 1. The van der Waals surface area contributed by atoms with Crippen LogP contribution in [0.4, 0.5) is 18.0 Å². The number of rotatable bonds is 9. The Balaban J connectivity index is 2.04. The summed E-state index contributed by atoms with van der Waals surface area (Å²) in [6.07, 6.45) is -1.11. The largest absolute Gasteiger partial charge is 0.397 e. The zero-order valence-electron chi connectivity index (χ0n) is 16.1. The summed E-state index contributed by atoms with van der Waals surface area (Å²) >= 11 is 0. The number of nitrogens with one attached hydrogen (secondary N) is 2. The van der Waals surface area contributed by atoms with Crippen molar-refractivity contribution < 1.29 is 26.4 Å². The van der Waals surface area contributed by atoms with E-state index in [1.54, 1.807) is 24.3 Å². The van der Waals surface area contributed by atoms with Crippen LogP contribution in [0.5, 0.6) is 0 Å². The van der Waals surface area contributed by atoms with Gasteiger partial charge in [-0.3, -0.25) is 0 Å². The van der Waals surface area contributed by atoms with Gasteiger partial charge in [0, 0.05) is 12.1 Å². The monoisotopic (exact) mass is 428 g/mol. The van der Waals surface area contributed by atoms with Gasteiger partial charge in [0.25, 0.3) is 5.92 Å². The van der Waals surface area contributed by atoms with E-state index in [0.29, 0.717) is 6.42 Å². The van der Waals surface area contributed by atoms with E-state index in [4.69, 9.17) is 0 Å². The summed E-state index contributed by atoms with van der Waals surface area (Å²) in [5.41, 5.74) is 2.13. The third-order valence-electron chi connectivity index (χ3n) is 4.39. The lowest BCUT2D eigenvalue weighted by Crippen LogP contribution is -2.38. The van der Waals surface area contributed by atoms with E-state index in [1.165, 1.54) is 26.0 Å². The molecule has 0 unspecified atom stereocenters. The average Bonchev–Trinajstić information content (AvgIpc) is 2.67. The van der Waals surface area contributed by atoms with Crippen molar-refractivity contribution in [2.24, 2.45) is 0 Å². The van der Waals surface area contributed by atoms with Crippen molar-refractivity contribution in [1.82, 2.24) is 10.0 Å². The number of benzene rings is 2. The maximum absolute atomic E-state index is 14.3. The average molecular weight is 428 g/mol. The highest BCUT2D eigenvalue weighted by Crippen LogP contribution is 2.30. The lowest BCUT2D eigenvalue weighted by Gasteiger charge is -2.19. The van der Waals surface area contributed by atoms with Gasteiger partial charge in [-0.2, -0.15) is 8.78 Å². The highest BCUT2D eigenvalue weighted by atomic mass is 32.2. The van der Waals surface area contributed by atoms with E-state index < -0.39 is 33.9 Å². The Morgan fingerprint density at radius 2 is 1.52 bits per heavy atom. The first-order chi connectivity index (χ1) is 13.5. The van der Waals surface area contributed by atoms with Crippen molar-refractivity contribution in [3.63, 3.8) is 0 Å². The molecular formula is C20H23F3N2O3S. The minimum atomic E-state index is -3.78. The van der Waals surface area contributed by atoms with Crippen LogP contribution in [0.25, 0.3) is 11.1 Å². The molecule has 2 rings (SSSR count). The Kier molecular flexibility index (Phi) is 7.43. The molecule has 2 aromatic rings. The van der Waals surface area contributed by atoms with Gasteiger partial charge in [0.1, 0.15) is 0 Å². The molecule has 0 spiro atoms. The first-order valence-corrected chi connectivity index (χ1v) is 10.6. The molecule has 1 amide bonds. The highest BCUT2D eigenvalue weighted by Gasteiger charge is 2.33. The molecule has 0 atom stereocenters. The quantitative estimate of drug-likeness (QED) is 0.468. The third kappa shape index (κ3) is 6.57. The second-order valence-corrected chi connectivity index (χ2v) is 9.17. The minimum Gasteiger partial charge on any atom is -0.328 e. The highest BCUT2D eigenvalue weighted by molar-refractivity contribution is 7.90. The van der Waals surface area contributed by atoms with Gasteiger partial charge in [0.15, 0.2) is 0 Å². The smallest absolute Gasteiger partial charge is 0.328 e. The van der Waals surface area contributed by atoms with Crippen LogP contribution in [0, 0.1) is 0 Å². The third-order valence-corrected chi connectivity index (χ3v) is 6.18. The van der Waals surface area contributed by atoms with Crippen LogP contribution < -0.4 is 10.0 Å². The van der Waals surface area contributed by atoms with E-state index in [0.717, 1.165) is 16.7 Å². The molecule has 29 heavy (non-hydrogen) atoms. The second kappa shape index (κ2) is 9.41. The van der Waals surface area contributed by atoms with Crippen molar-refractivity contribution in [2.75, 3.05) is 13.1 Å². The summed E-state index contributed by atoms with van der Waals surface area (Å²) in [5.74, 6) is -3.34. The molecule has 0 aliphatic rings. The number of halogens is 3. The number of amides is 1. The van der Waals surface area contributed by atoms with E-state index >= 15 is 0 Å². The summed E-state index contributed by atoms with van der Waals surface area (Å²) in [6.45, 7) is 2.01. The standard InChI is InChI=1S/C20H23F3N2O3S/c1-14(2)29(27,28)25-13-20(22,23)18-9-7-17(8-10-18)16-5-3-15(4-6-16)11-12-24-19(21)26/h3-10,14,25H,11-13H2,1-2H3,(H,24,26). The molecule has 0 aliphatic heterocycles. The normalized spacial score (nSPS) is 12.2. The number of hydrogen-bond acceptors (Lipinski definition) is 3. The van der Waals surface area contributed by atoms with Gasteiger partial charge in [-0.1, -0.05) is 48.5 Å². The van der Waals surface area contributed by atoms with Gasteiger partial charge in [-0.15, -0.1) is 4.39 Å². The molecule has 2 N–H and O–H groups in total. The molecule has 2 aromatic carbocycles. The number of carbonyl (C=O) groups is 1. The molecule has 0 fully saturated rings. The van der Waals surface area contributed by atoms with Gasteiger partial charge >= 0.3 is 6.16 Å². The van der Waals surface area contributed by atoms with E-state index in [2.05, 4.69) is 5.32 Å². The first-order valence-electron chi connectivity index (χ1n) is 9.01. The SMILES string of the molecule is CC(C)S(=O)(=O)NCC(F)(F)c1ccc(-c2ccc(CCNC(=O)F)cc2)cc1. The van der Waals surface area contributed by atoms with Crippen molar-refractivity contribution >= 4 is 16.2 Å². The van der Waals surface area contributed by atoms with Crippen molar-refractivity contribution in [1.29, 1.82) is 0 Å². The van der Waals surface area contributed by atoms with Crippen molar-refractivity contribution in [3.8, 4) is 11.1 Å². The number of carbonyl (C=O) groups excluding carboxylic acids is 1. The van der Waals surface area contributed by atoms with E-state index in [1.807, 2.05) is 16.9 Å². The van der Waals surface area contributed by atoms with Crippen LogP contribution in [-0.4, -0.2) is 32.9 Å². The lowest BCUT2D eigenvalue weighted by atomic mass is 10.00. The Morgan fingerprint density at radius 3 is 2.00 bits per heavy atom. The predicted molar refractivity (Wildman–Crippen MR) is 106 cm³/mol. The van der Waals surface area contributed by atoms with Crippen LogP contribution >= 0.6 is 0 Å². The van der Waals surface area contributed by atoms with Crippen molar-refractivity contribution in [2.45, 2.75) is 31.4 Å². The number of alkyl halides is 2. The molecule has 0 bridgehead atoms. The zero-order chi connectivity index (χ0) is 21.7. The molecular weight excluding hydrogens is 405 g/mol. The lowest BCUT2D eigenvalue weighted by molar-refractivity contribution is 0.00207. The van der Waals surface area contributed by atoms with Gasteiger partial charge < -0.3 is 5.32 Å². The first kappa shape index (κ1) is 22.9. The van der Waals surface area contributed by atoms with Crippen LogP contribution in [-0.2, 0) is 22.4 Å². The van der Waals surface area contributed by atoms with Crippen LogP contribution in [0.15, 0.2) is 48.5 Å². The Bertz CT molecular complexity index is 928. The fraction of sp³-hybridized carbons (Fsp3) is 0.350. The fourth-order valence-corrected chi connectivity index (χ4v) is 3.25. The van der Waals surface area contributed by atoms with E-state index in [-0.39, 0.29) is 12.1 Å². The maximum atomic E-state index is 14.3. The zero-order valence-corrected chi connectivity index (χ0v) is 16.9. The Morgan fingerprint density at radius 1 is 1.00 bits per heavy atom. The second-order valence-electron chi connectivity index (χ2n) is 6.84. The summed E-state index contributed by atoms with van der Waals surface area (Å²) < 4.78 is 66.1. The summed E-state index contributed by atoms with van der Waals surface area (Å²) in [5, 5.41) is 1.27. The molecule has 0 saturated heterocycles. The summed E-state index contributed by atoms with van der Waals surface area (Å²) in [7, 11) is -3.78. The van der Waals surface area contributed by atoms with Crippen molar-refractivity contribution in [3.05, 3.63) is 59.7 Å². The van der Waals surface area contributed by atoms with Crippen LogP contribution in [0.2, 0.25) is 0 Å². The summed E-state index contributed by atoms with van der Waals surface area (Å²) in [4.78, 5) is 10.2. The Labute approximate surface area is 168 Å². The van der Waals surface area contributed by atoms with Gasteiger partial charge in [0.05, 0.1) is 11.8 Å².